The van der Waals surface area contributed by atoms with Crippen LogP contribution >= 0.6 is 11.6 Å². The Labute approximate surface area is 122 Å². The molecule has 3 aromatic rings. The SMILES string of the molecule is CCc1ccccc1C(O)c1cc2cc(Cl)ccc2o1. The summed E-state index contributed by atoms with van der Waals surface area (Å²) in [6.45, 7) is 2.07. The molecule has 0 radical (unpaired) electrons. The summed E-state index contributed by atoms with van der Waals surface area (Å²) < 4.78 is 5.73. The van der Waals surface area contributed by atoms with Gasteiger partial charge in [0.15, 0.2) is 0 Å². The fourth-order valence-corrected chi connectivity index (χ4v) is 2.63. The molecule has 3 rings (SSSR count). The van der Waals surface area contributed by atoms with Crippen molar-refractivity contribution in [2.24, 2.45) is 0 Å². The molecule has 102 valence electrons. The second-order valence-corrected chi connectivity index (χ2v) is 5.22. The summed E-state index contributed by atoms with van der Waals surface area (Å²) in [7, 11) is 0. The molecule has 1 heterocycles. The highest BCUT2D eigenvalue weighted by Crippen LogP contribution is 2.31. The molecular weight excluding hydrogens is 272 g/mol. The van der Waals surface area contributed by atoms with Gasteiger partial charge in [-0.05, 0) is 41.8 Å². The van der Waals surface area contributed by atoms with Gasteiger partial charge in [0.25, 0.3) is 0 Å². The topological polar surface area (TPSA) is 33.4 Å². The fraction of sp³-hybridized carbons (Fsp3) is 0.176. The minimum absolute atomic E-state index is 0.545. The van der Waals surface area contributed by atoms with Crippen LogP contribution < -0.4 is 0 Å². The standard InChI is InChI=1S/C17H15ClO2/c1-2-11-5-3-4-6-14(11)17(19)16-10-12-9-13(18)7-8-15(12)20-16/h3-10,17,19H,2H2,1H3. The molecule has 0 saturated carbocycles. The maximum Gasteiger partial charge on any atom is 0.138 e. The van der Waals surface area contributed by atoms with Gasteiger partial charge in [-0.1, -0.05) is 42.8 Å². The second kappa shape index (κ2) is 5.31. The third-order valence-corrected chi connectivity index (χ3v) is 3.73. The van der Waals surface area contributed by atoms with E-state index in [9.17, 15) is 5.11 Å². The van der Waals surface area contributed by atoms with Crippen LogP contribution in [0.1, 0.15) is 29.9 Å². The van der Waals surface area contributed by atoms with E-state index >= 15 is 0 Å². The Balaban J connectivity index is 2.05. The molecule has 20 heavy (non-hydrogen) atoms. The number of halogens is 1. The first-order valence-electron chi connectivity index (χ1n) is 6.64. The molecule has 0 amide bonds. The lowest BCUT2D eigenvalue weighted by atomic mass is 9.99. The minimum atomic E-state index is -0.752. The van der Waals surface area contributed by atoms with E-state index in [0.29, 0.717) is 10.8 Å². The van der Waals surface area contributed by atoms with Crippen molar-refractivity contribution in [1.29, 1.82) is 0 Å². The van der Waals surface area contributed by atoms with E-state index in [1.807, 2.05) is 42.5 Å². The van der Waals surface area contributed by atoms with E-state index in [4.69, 9.17) is 16.0 Å². The highest BCUT2D eigenvalue weighted by atomic mass is 35.5. The van der Waals surface area contributed by atoms with Crippen molar-refractivity contribution in [2.45, 2.75) is 19.4 Å². The lowest BCUT2D eigenvalue weighted by Crippen LogP contribution is -2.01. The predicted molar refractivity (Wildman–Crippen MR) is 81.1 cm³/mol. The van der Waals surface area contributed by atoms with Crippen molar-refractivity contribution in [1.82, 2.24) is 0 Å². The molecule has 0 aliphatic carbocycles. The first kappa shape index (κ1) is 13.2. The smallest absolute Gasteiger partial charge is 0.138 e. The summed E-state index contributed by atoms with van der Waals surface area (Å²) in [6.07, 6.45) is 0.122. The lowest BCUT2D eigenvalue weighted by molar-refractivity contribution is 0.191. The highest BCUT2D eigenvalue weighted by molar-refractivity contribution is 6.31. The zero-order valence-electron chi connectivity index (χ0n) is 11.1. The Morgan fingerprint density at radius 2 is 1.95 bits per heavy atom. The maximum absolute atomic E-state index is 10.5. The minimum Gasteiger partial charge on any atom is -0.458 e. The summed E-state index contributed by atoms with van der Waals surface area (Å²) in [5, 5.41) is 12.1. The third-order valence-electron chi connectivity index (χ3n) is 3.50. The molecule has 0 saturated heterocycles. The molecule has 0 aliphatic heterocycles. The van der Waals surface area contributed by atoms with Crippen molar-refractivity contribution in [3.63, 3.8) is 0 Å². The molecule has 0 aliphatic rings. The van der Waals surface area contributed by atoms with Crippen molar-refractivity contribution in [3.05, 3.63) is 70.4 Å². The Kier molecular flexibility index (Phi) is 3.51. The van der Waals surface area contributed by atoms with Gasteiger partial charge in [0.2, 0.25) is 0 Å². The highest BCUT2D eigenvalue weighted by Gasteiger charge is 2.17. The first-order valence-corrected chi connectivity index (χ1v) is 7.01. The lowest BCUT2D eigenvalue weighted by Gasteiger charge is -2.12. The summed E-state index contributed by atoms with van der Waals surface area (Å²) >= 11 is 5.97. The molecule has 0 spiro atoms. The molecule has 3 heteroatoms. The first-order chi connectivity index (χ1) is 9.69. The molecule has 0 fully saturated rings. The molecular formula is C17H15ClO2. The average molecular weight is 287 g/mol. The molecule has 0 bridgehead atoms. The average Bonchev–Trinajstić information content (AvgIpc) is 2.89. The largest absolute Gasteiger partial charge is 0.458 e. The van der Waals surface area contributed by atoms with Crippen LogP contribution in [0.4, 0.5) is 0 Å². The molecule has 1 N–H and O–H groups in total. The van der Waals surface area contributed by atoms with Crippen molar-refractivity contribution >= 4 is 22.6 Å². The summed E-state index contributed by atoms with van der Waals surface area (Å²) in [5.74, 6) is 0.545. The number of rotatable bonds is 3. The number of hydrogen-bond donors (Lipinski definition) is 1. The summed E-state index contributed by atoms with van der Waals surface area (Å²) in [6, 6.07) is 15.1. The van der Waals surface area contributed by atoms with Gasteiger partial charge >= 0.3 is 0 Å². The van der Waals surface area contributed by atoms with Crippen LogP contribution in [0.15, 0.2) is 52.9 Å². The number of aryl methyl sites for hydroxylation is 1. The van der Waals surface area contributed by atoms with Crippen LogP contribution in [0.5, 0.6) is 0 Å². The Morgan fingerprint density at radius 3 is 2.75 bits per heavy atom. The molecule has 2 nitrogen and oxygen atoms in total. The zero-order chi connectivity index (χ0) is 14.1. The third kappa shape index (κ3) is 2.33. The number of hydrogen-bond acceptors (Lipinski definition) is 2. The Hall–Kier alpha value is -1.77. The number of aliphatic hydroxyl groups excluding tert-OH is 1. The van der Waals surface area contributed by atoms with Gasteiger partial charge in [-0.15, -0.1) is 0 Å². The van der Waals surface area contributed by atoms with Gasteiger partial charge < -0.3 is 9.52 Å². The van der Waals surface area contributed by atoms with Crippen molar-refractivity contribution in [3.8, 4) is 0 Å². The van der Waals surface area contributed by atoms with Crippen LogP contribution in [-0.2, 0) is 6.42 Å². The van der Waals surface area contributed by atoms with Gasteiger partial charge in [-0.2, -0.15) is 0 Å². The number of fused-ring (bicyclic) bond motifs is 1. The van der Waals surface area contributed by atoms with Gasteiger partial charge in [-0.3, -0.25) is 0 Å². The van der Waals surface area contributed by atoms with E-state index in [1.54, 1.807) is 6.07 Å². The van der Waals surface area contributed by atoms with E-state index < -0.39 is 6.10 Å². The van der Waals surface area contributed by atoms with Crippen LogP contribution in [-0.4, -0.2) is 5.11 Å². The number of furan rings is 1. The van der Waals surface area contributed by atoms with Crippen LogP contribution in [0.2, 0.25) is 5.02 Å². The summed E-state index contributed by atoms with van der Waals surface area (Å²) in [4.78, 5) is 0. The fourth-order valence-electron chi connectivity index (χ4n) is 2.45. The van der Waals surface area contributed by atoms with Gasteiger partial charge in [0.05, 0.1) is 0 Å². The molecule has 1 unspecified atom stereocenters. The quantitative estimate of drug-likeness (QED) is 0.755. The van der Waals surface area contributed by atoms with E-state index in [2.05, 4.69) is 6.92 Å². The van der Waals surface area contributed by atoms with Gasteiger partial charge in [0.1, 0.15) is 17.4 Å². The van der Waals surface area contributed by atoms with E-state index in [0.717, 1.165) is 28.5 Å². The van der Waals surface area contributed by atoms with Crippen molar-refractivity contribution in [2.75, 3.05) is 0 Å². The zero-order valence-corrected chi connectivity index (χ0v) is 11.9. The molecule has 1 atom stereocenters. The van der Waals surface area contributed by atoms with Gasteiger partial charge in [0, 0.05) is 10.4 Å². The van der Waals surface area contributed by atoms with Gasteiger partial charge in [-0.25, -0.2) is 0 Å². The second-order valence-electron chi connectivity index (χ2n) is 4.79. The van der Waals surface area contributed by atoms with E-state index in [-0.39, 0.29) is 0 Å². The summed E-state index contributed by atoms with van der Waals surface area (Å²) in [5.41, 5.74) is 2.75. The van der Waals surface area contributed by atoms with Crippen molar-refractivity contribution < 1.29 is 9.52 Å². The van der Waals surface area contributed by atoms with Crippen LogP contribution in [0, 0.1) is 0 Å². The predicted octanol–water partition coefficient (Wildman–Crippen LogP) is 4.73. The van der Waals surface area contributed by atoms with E-state index in [1.165, 1.54) is 0 Å². The molecule has 1 aromatic heterocycles. The Bertz CT molecular complexity index is 746. The monoisotopic (exact) mass is 286 g/mol. The molecule has 2 aromatic carbocycles. The Morgan fingerprint density at radius 1 is 1.15 bits per heavy atom. The number of aliphatic hydroxyl groups is 1. The maximum atomic E-state index is 10.5. The number of benzene rings is 2. The van der Waals surface area contributed by atoms with Crippen LogP contribution in [0.3, 0.4) is 0 Å². The normalized spacial score (nSPS) is 12.8. The van der Waals surface area contributed by atoms with Crippen LogP contribution in [0.25, 0.3) is 11.0 Å².